The van der Waals surface area contributed by atoms with E-state index < -0.39 is 21.8 Å². The Hall–Kier alpha value is -2.89. The van der Waals surface area contributed by atoms with E-state index in [1.807, 2.05) is 25.1 Å². The van der Waals surface area contributed by atoms with E-state index in [2.05, 4.69) is 14.9 Å². The smallest absolute Gasteiger partial charge is 0.376 e. The van der Waals surface area contributed by atoms with Crippen LogP contribution in [0.1, 0.15) is 48.1 Å². The molecular formula is C27H31F3N4O3S. The van der Waals surface area contributed by atoms with E-state index in [1.165, 1.54) is 4.31 Å². The van der Waals surface area contributed by atoms with Gasteiger partial charge in [-0.05, 0) is 61.2 Å². The summed E-state index contributed by atoms with van der Waals surface area (Å²) in [6.45, 7) is 2.96. The molecule has 7 nitrogen and oxygen atoms in total. The van der Waals surface area contributed by atoms with Crippen LogP contribution in [0.15, 0.2) is 59.9 Å². The average molecular weight is 549 g/mol. The zero-order valence-electron chi connectivity index (χ0n) is 21.1. The maximum absolute atomic E-state index is 13.8. The fourth-order valence-corrected chi connectivity index (χ4v) is 6.74. The standard InChI is InChI=1S/C27H31F3N4O3S/c1-19-5-4-8-26-25(19)16-33(38(35,36)24-11-9-20(10-12-24)27(28,29)30)15-22(17-37-23-6-2-3-7-23)34(26)14-21-13-31-18-32-21/h4-5,8-13,18,22-23H,2-3,6-7,14-17H2,1H3,(H,31,32)/t22-/m1/s1. The molecule has 1 aliphatic heterocycles. The number of benzene rings is 2. The van der Waals surface area contributed by atoms with Crippen LogP contribution in [0.4, 0.5) is 18.9 Å². The maximum atomic E-state index is 13.8. The number of nitrogens with zero attached hydrogens (tertiary/aromatic N) is 3. The maximum Gasteiger partial charge on any atom is 0.416 e. The van der Waals surface area contributed by atoms with Crippen molar-refractivity contribution in [2.75, 3.05) is 18.1 Å². The van der Waals surface area contributed by atoms with Crippen LogP contribution in [0.25, 0.3) is 0 Å². The zero-order valence-corrected chi connectivity index (χ0v) is 21.9. The minimum atomic E-state index is -4.54. The third kappa shape index (κ3) is 5.60. The highest BCUT2D eigenvalue weighted by atomic mass is 32.2. The van der Waals surface area contributed by atoms with Gasteiger partial charge in [0.25, 0.3) is 0 Å². The number of hydrogen-bond acceptors (Lipinski definition) is 5. The van der Waals surface area contributed by atoms with Gasteiger partial charge in [-0.1, -0.05) is 25.0 Å². The minimum Gasteiger partial charge on any atom is -0.376 e. The summed E-state index contributed by atoms with van der Waals surface area (Å²) < 4.78 is 74.6. The monoisotopic (exact) mass is 548 g/mol. The largest absolute Gasteiger partial charge is 0.416 e. The molecule has 11 heteroatoms. The van der Waals surface area contributed by atoms with Crippen LogP contribution in [0.5, 0.6) is 0 Å². The lowest BCUT2D eigenvalue weighted by atomic mass is 10.1. The molecule has 0 radical (unpaired) electrons. The van der Waals surface area contributed by atoms with Crippen LogP contribution >= 0.6 is 0 Å². The van der Waals surface area contributed by atoms with Crippen LogP contribution in [-0.4, -0.2) is 48.0 Å². The molecule has 1 fully saturated rings. The summed E-state index contributed by atoms with van der Waals surface area (Å²) in [5, 5.41) is 0. The highest BCUT2D eigenvalue weighted by Gasteiger charge is 2.37. The Labute approximate surface area is 220 Å². The van der Waals surface area contributed by atoms with Gasteiger partial charge in [0.05, 0.1) is 47.8 Å². The number of aromatic amines is 1. The fraction of sp³-hybridized carbons (Fsp3) is 0.444. The van der Waals surface area contributed by atoms with Crippen LogP contribution in [0.2, 0.25) is 0 Å². The lowest BCUT2D eigenvalue weighted by molar-refractivity contribution is -0.137. The molecule has 0 spiro atoms. The summed E-state index contributed by atoms with van der Waals surface area (Å²) in [6, 6.07) is 9.24. The fourth-order valence-electron chi connectivity index (χ4n) is 5.29. The van der Waals surface area contributed by atoms with Crippen molar-refractivity contribution in [1.29, 1.82) is 0 Å². The summed E-state index contributed by atoms with van der Waals surface area (Å²) in [5.74, 6) is 0. The first-order valence-corrected chi connectivity index (χ1v) is 14.2. The van der Waals surface area contributed by atoms with Gasteiger partial charge in [0.1, 0.15) is 0 Å². The summed E-state index contributed by atoms with van der Waals surface area (Å²) in [4.78, 5) is 9.26. The van der Waals surface area contributed by atoms with Crippen molar-refractivity contribution in [2.24, 2.45) is 0 Å². The second kappa shape index (κ2) is 10.7. The van der Waals surface area contributed by atoms with Gasteiger partial charge in [0.15, 0.2) is 0 Å². The van der Waals surface area contributed by atoms with Crippen LogP contribution in [-0.2, 0) is 34.0 Å². The summed E-state index contributed by atoms with van der Waals surface area (Å²) >= 11 is 0. The predicted octanol–water partition coefficient (Wildman–Crippen LogP) is 5.28. The number of aromatic nitrogens is 2. The second-order valence-electron chi connectivity index (χ2n) is 9.99. The lowest BCUT2D eigenvalue weighted by Crippen LogP contribution is -2.46. The molecule has 1 aromatic heterocycles. The lowest BCUT2D eigenvalue weighted by Gasteiger charge is -2.34. The number of anilines is 1. The number of rotatable bonds is 7. The second-order valence-corrected chi connectivity index (χ2v) is 11.9. The van der Waals surface area contributed by atoms with E-state index in [-0.39, 0.29) is 30.1 Å². The third-order valence-electron chi connectivity index (χ3n) is 7.43. The van der Waals surface area contributed by atoms with E-state index in [0.717, 1.165) is 72.5 Å². The summed E-state index contributed by atoms with van der Waals surface area (Å²) in [5.41, 5.74) is 2.68. The number of sulfonamides is 1. The Morgan fingerprint density at radius 2 is 1.84 bits per heavy atom. The molecule has 1 saturated carbocycles. The Balaban J connectivity index is 1.52. The zero-order chi connectivity index (χ0) is 26.9. The molecular weight excluding hydrogens is 517 g/mol. The third-order valence-corrected chi connectivity index (χ3v) is 9.25. The van der Waals surface area contributed by atoms with Gasteiger partial charge in [-0.25, -0.2) is 13.4 Å². The predicted molar refractivity (Wildman–Crippen MR) is 137 cm³/mol. The van der Waals surface area contributed by atoms with Gasteiger partial charge in [-0.2, -0.15) is 17.5 Å². The molecule has 5 rings (SSSR count). The van der Waals surface area contributed by atoms with Gasteiger partial charge in [-0.15, -0.1) is 0 Å². The van der Waals surface area contributed by atoms with Crippen molar-refractivity contribution in [3.05, 3.63) is 77.4 Å². The Morgan fingerprint density at radius 3 is 2.50 bits per heavy atom. The first kappa shape index (κ1) is 26.7. The molecule has 0 bridgehead atoms. The number of alkyl halides is 3. The molecule has 1 aliphatic carbocycles. The SMILES string of the molecule is Cc1cccc2c1CN(S(=O)(=O)c1ccc(C(F)(F)F)cc1)C[C@H](COC1CCCC1)N2Cc1cnc[nH]1. The van der Waals surface area contributed by atoms with Crippen LogP contribution in [0.3, 0.4) is 0 Å². The van der Waals surface area contributed by atoms with E-state index in [9.17, 15) is 21.6 Å². The topological polar surface area (TPSA) is 78.5 Å². The molecule has 0 amide bonds. The van der Waals surface area contributed by atoms with E-state index >= 15 is 0 Å². The number of hydrogen-bond donors (Lipinski definition) is 1. The average Bonchev–Trinajstić information content (AvgIpc) is 3.57. The first-order chi connectivity index (χ1) is 18.1. The quantitative estimate of drug-likeness (QED) is 0.435. The summed E-state index contributed by atoms with van der Waals surface area (Å²) in [7, 11) is -4.10. The Morgan fingerprint density at radius 1 is 1.11 bits per heavy atom. The molecule has 1 atom stereocenters. The molecule has 1 N–H and O–H groups in total. The molecule has 3 aromatic rings. The van der Waals surface area contributed by atoms with Crippen molar-refractivity contribution in [2.45, 2.75) is 68.9 Å². The van der Waals surface area contributed by atoms with Crippen molar-refractivity contribution in [3.63, 3.8) is 0 Å². The van der Waals surface area contributed by atoms with Gasteiger partial charge in [0, 0.05) is 25.0 Å². The minimum absolute atomic E-state index is 0.102. The Bertz CT molecular complexity index is 1340. The van der Waals surface area contributed by atoms with Gasteiger partial charge in [0.2, 0.25) is 10.0 Å². The number of imidazole rings is 1. The van der Waals surface area contributed by atoms with E-state index in [1.54, 1.807) is 12.5 Å². The normalized spacial score (nSPS) is 19.5. The number of fused-ring (bicyclic) bond motifs is 1. The van der Waals surface area contributed by atoms with Crippen LogP contribution < -0.4 is 4.90 Å². The highest BCUT2D eigenvalue weighted by molar-refractivity contribution is 7.89. The van der Waals surface area contributed by atoms with Crippen molar-refractivity contribution in [1.82, 2.24) is 14.3 Å². The van der Waals surface area contributed by atoms with E-state index in [0.29, 0.717) is 13.2 Å². The van der Waals surface area contributed by atoms with Crippen molar-refractivity contribution >= 4 is 15.7 Å². The van der Waals surface area contributed by atoms with E-state index in [4.69, 9.17) is 4.74 Å². The first-order valence-electron chi connectivity index (χ1n) is 12.7. The molecule has 0 unspecified atom stereocenters. The van der Waals surface area contributed by atoms with Crippen molar-refractivity contribution < 1.29 is 26.3 Å². The molecule has 2 aliphatic rings. The number of aryl methyl sites for hydroxylation is 1. The Kier molecular flexibility index (Phi) is 7.52. The molecule has 204 valence electrons. The highest BCUT2D eigenvalue weighted by Crippen LogP contribution is 2.35. The number of nitrogens with one attached hydrogen (secondary N) is 1. The van der Waals surface area contributed by atoms with Gasteiger partial charge in [-0.3, -0.25) is 0 Å². The molecule has 2 aromatic carbocycles. The number of halogens is 3. The summed E-state index contributed by atoms with van der Waals surface area (Å²) in [6.07, 6.45) is 3.14. The molecule has 0 saturated heterocycles. The number of ether oxygens (including phenoxy) is 1. The van der Waals surface area contributed by atoms with Crippen molar-refractivity contribution in [3.8, 4) is 0 Å². The molecule has 38 heavy (non-hydrogen) atoms. The number of H-pyrrole nitrogens is 1. The molecule has 2 heterocycles. The van der Waals surface area contributed by atoms with Crippen LogP contribution in [0, 0.1) is 6.92 Å². The van der Waals surface area contributed by atoms with Gasteiger partial charge < -0.3 is 14.6 Å². The van der Waals surface area contributed by atoms with Gasteiger partial charge >= 0.3 is 6.18 Å².